The maximum Gasteiger partial charge on any atom is 0.256 e. The van der Waals surface area contributed by atoms with Gasteiger partial charge in [0.25, 0.3) is 5.96 Å². The molecule has 1 rings (SSSR count). The van der Waals surface area contributed by atoms with E-state index in [1.165, 1.54) is 0 Å². The molecule has 0 spiro atoms. The molecule has 0 aliphatic heterocycles. The predicted molar refractivity (Wildman–Crippen MR) is 64.2 cm³/mol. The van der Waals surface area contributed by atoms with Crippen LogP contribution >= 0.6 is 0 Å². The molecule has 86 valence electrons. The molecule has 0 fully saturated rings. The Hall–Kier alpha value is -2.04. The Kier molecular flexibility index (Phi) is 4.85. The zero-order chi connectivity index (χ0) is 11.8. The molecule has 0 heterocycles. The van der Waals surface area contributed by atoms with E-state index in [0.29, 0.717) is 0 Å². The SMILES string of the molecule is CCCOc1ccc(/C=[NH+]\N=C(N)N)cc1. The van der Waals surface area contributed by atoms with Crippen LogP contribution in [0.15, 0.2) is 29.4 Å². The number of hydrazone groups is 1. The standard InChI is InChI=1S/C11H16N4O/c1-2-7-16-10-5-3-9(4-6-10)8-14-15-11(12)13/h3-6,8H,2,7H2,1H3,(H4,12,13,15)/p+1/b14-8-. The molecule has 1 aromatic rings. The van der Waals surface area contributed by atoms with Crippen LogP contribution in [0, 0.1) is 0 Å². The number of hydrogen-bond donors (Lipinski definition) is 3. The number of nitrogens with zero attached hydrogens (tertiary/aromatic N) is 1. The Bertz CT molecular complexity index is 366. The number of guanidine groups is 1. The number of rotatable bonds is 5. The maximum atomic E-state index is 5.45. The van der Waals surface area contributed by atoms with E-state index >= 15 is 0 Å². The molecule has 0 saturated heterocycles. The number of ether oxygens (including phenoxy) is 1. The normalized spacial score (nSPS) is 10.3. The summed E-state index contributed by atoms with van der Waals surface area (Å²) >= 11 is 0. The third-order valence-electron chi connectivity index (χ3n) is 1.78. The second-order valence-corrected chi connectivity index (χ2v) is 3.23. The topological polar surface area (TPSA) is 87.6 Å². The summed E-state index contributed by atoms with van der Waals surface area (Å²) in [5.74, 6) is 0.861. The van der Waals surface area contributed by atoms with Crippen LogP contribution in [0.1, 0.15) is 18.9 Å². The Morgan fingerprint density at radius 1 is 1.38 bits per heavy atom. The van der Waals surface area contributed by atoms with Gasteiger partial charge in [-0.1, -0.05) is 6.92 Å². The van der Waals surface area contributed by atoms with Crippen molar-refractivity contribution in [2.75, 3.05) is 6.61 Å². The zero-order valence-electron chi connectivity index (χ0n) is 9.31. The third-order valence-corrected chi connectivity index (χ3v) is 1.78. The number of hydrogen-bond acceptors (Lipinski definition) is 2. The molecule has 1 aromatic carbocycles. The molecule has 0 atom stereocenters. The number of nitrogens with one attached hydrogen (secondary N) is 1. The Balaban J connectivity index is 2.57. The van der Waals surface area contributed by atoms with Gasteiger partial charge in [0.15, 0.2) is 0 Å². The summed E-state index contributed by atoms with van der Waals surface area (Å²) in [4.78, 5) is 0. The highest BCUT2D eigenvalue weighted by Gasteiger charge is 1.94. The van der Waals surface area contributed by atoms with Crippen LogP contribution in [-0.2, 0) is 0 Å². The molecule has 0 amide bonds. The lowest BCUT2D eigenvalue weighted by molar-refractivity contribution is -0.456. The van der Waals surface area contributed by atoms with Crippen molar-refractivity contribution in [1.29, 1.82) is 0 Å². The lowest BCUT2D eigenvalue weighted by Gasteiger charge is -2.02. The monoisotopic (exact) mass is 221 g/mol. The van der Waals surface area contributed by atoms with Gasteiger partial charge < -0.3 is 16.2 Å². The first-order valence-electron chi connectivity index (χ1n) is 5.12. The molecule has 0 aliphatic carbocycles. The second kappa shape index (κ2) is 6.44. The fourth-order valence-corrected chi connectivity index (χ4v) is 1.06. The Labute approximate surface area is 94.8 Å². The summed E-state index contributed by atoms with van der Waals surface area (Å²) in [6.07, 6.45) is 2.70. The van der Waals surface area contributed by atoms with Gasteiger partial charge in [-0.3, -0.25) is 0 Å². The van der Waals surface area contributed by atoms with Crippen molar-refractivity contribution in [2.24, 2.45) is 16.6 Å². The molecule has 0 aliphatic rings. The average molecular weight is 221 g/mol. The van der Waals surface area contributed by atoms with E-state index in [-0.39, 0.29) is 5.96 Å². The van der Waals surface area contributed by atoms with Crippen LogP contribution in [0.3, 0.4) is 0 Å². The Morgan fingerprint density at radius 3 is 2.62 bits per heavy atom. The maximum absolute atomic E-state index is 5.45. The summed E-state index contributed by atoms with van der Waals surface area (Å²) in [6.45, 7) is 2.80. The number of nitrogens with two attached hydrogens (primary N) is 2. The summed E-state index contributed by atoms with van der Waals surface area (Å²) in [7, 11) is 0. The summed E-state index contributed by atoms with van der Waals surface area (Å²) in [6, 6.07) is 7.64. The van der Waals surface area contributed by atoms with Crippen LogP contribution in [0.25, 0.3) is 0 Å². The van der Waals surface area contributed by atoms with Gasteiger partial charge in [-0.15, -0.1) is 5.10 Å². The van der Waals surface area contributed by atoms with Crippen LogP contribution in [0.5, 0.6) is 5.75 Å². The van der Waals surface area contributed by atoms with E-state index < -0.39 is 0 Å². The van der Waals surface area contributed by atoms with E-state index in [4.69, 9.17) is 16.2 Å². The molecule has 5 heteroatoms. The van der Waals surface area contributed by atoms with Crippen molar-refractivity contribution in [1.82, 2.24) is 0 Å². The molecule has 0 bridgehead atoms. The van der Waals surface area contributed by atoms with Gasteiger partial charge in [0.2, 0.25) is 6.21 Å². The van der Waals surface area contributed by atoms with Gasteiger partial charge >= 0.3 is 0 Å². The van der Waals surface area contributed by atoms with Gasteiger partial charge in [-0.05, 0) is 30.7 Å². The van der Waals surface area contributed by atoms with Crippen LogP contribution in [0.2, 0.25) is 0 Å². The smallest absolute Gasteiger partial charge is 0.256 e. The summed E-state index contributed by atoms with van der Waals surface area (Å²) in [5, 5.41) is 6.26. The van der Waals surface area contributed by atoms with E-state index in [9.17, 15) is 0 Å². The Morgan fingerprint density at radius 2 is 2.06 bits per heavy atom. The second-order valence-electron chi connectivity index (χ2n) is 3.23. The predicted octanol–water partition coefficient (Wildman–Crippen LogP) is -0.837. The molecule has 0 aromatic heterocycles. The van der Waals surface area contributed by atoms with Gasteiger partial charge in [0, 0.05) is 10.7 Å². The highest BCUT2D eigenvalue weighted by Crippen LogP contribution is 2.10. The highest BCUT2D eigenvalue weighted by molar-refractivity contribution is 5.77. The van der Waals surface area contributed by atoms with Crippen molar-refractivity contribution in [3.8, 4) is 5.75 Å². The average Bonchev–Trinajstić information content (AvgIpc) is 2.27. The first-order valence-corrected chi connectivity index (χ1v) is 5.12. The van der Waals surface area contributed by atoms with E-state index in [1.807, 2.05) is 24.3 Å². The lowest BCUT2D eigenvalue weighted by Crippen LogP contribution is -2.63. The molecule has 5 N–H and O–H groups in total. The lowest BCUT2D eigenvalue weighted by atomic mass is 10.2. The van der Waals surface area contributed by atoms with E-state index in [2.05, 4.69) is 17.1 Å². The fourth-order valence-electron chi connectivity index (χ4n) is 1.06. The first kappa shape index (κ1) is 12.0. The number of benzene rings is 1. The van der Waals surface area contributed by atoms with Crippen molar-refractivity contribution in [2.45, 2.75) is 13.3 Å². The van der Waals surface area contributed by atoms with Crippen molar-refractivity contribution in [3.63, 3.8) is 0 Å². The van der Waals surface area contributed by atoms with Crippen LogP contribution in [-0.4, -0.2) is 18.8 Å². The van der Waals surface area contributed by atoms with E-state index in [0.717, 1.165) is 24.3 Å². The van der Waals surface area contributed by atoms with Crippen molar-refractivity contribution in [3.05, 3.63) is 29.8 Å². The van der Waals surface area contributed by atoms with Crippen LogP contribution < -0.4 is 21.3 Å². The third kappa shape index (κ3) is 4.45. The minimum Gasteiger partial charge on any atom is -0.494 e. The van der Waals surface area contributed by atoms with Gasteiger partial charge in [0.1, 0.15) is 5.75 Å². The molecule has 5 nitrogen and oxygen atoms in total. The minimum atomic E-state index is -0.000788. The van der Waals surface area contributed by atoms with E-state index in [1.54, 1.807) is 6.21 Å². The molecular weight excluding hydrogens is 204 g/mol. The molecule has 0 radical (unpaired) electrons. The van der Waals surface area contributed by atoms with Gasteiger partial charge in [-0.25, -0.2) is 0 Å². The minimum absolute atomic E-state index is 0.000788. The molecular formula is C11H17N4O+. The van der Waals surface area contributed by atoms with Crippen molar-refractivity contribution < 1.29 is 9.84 Å². The quantitative estimate of drug-likeness (QED) is 0.344. The van der Waals surface area contributed by atoms with Crippen LogP contribution in [0.4, 0.5) is 0 Å². The summed E-state index contributed by atoms with van der Waals surface area (Å²) in [5.41, 5.74) is 11.3. The van der Waals surface area contributed by atoms with Crippen molar-refractivity contribution >= 4 is 12.2 Å². The van der Waals surface area contributed by atoms with Gasteiger partial charge in [-0.2, -0.15) is 0 Å². The molecule has 16 heavy (non-hydrogen) atoms. The molecule has 0 saturated carbocycles. The largest absolute Gasteiger partial charge is 0.494 e. The first-order chi connectivity index (χ1) is 7.72. The summed E-state index contributed by atoms with van der Waals surface area (Å²) < 4.78 is 5.45. The van der Waals surface area contributed by atoms with Gasteiger partial charge in [0.05, 0.1) is 6.61 Å². The highest BCUT2D eigenvalue weighted by atomic mass is 16.5. The fraction of sp³-hybridized carbons (Fsp3) is 0.273. The zero-order valence-corrected chi connectivity index (χ0v) is 9.31. The molecule has 0 unspecified atom stereocenters.